The van der Waals surface area contributed by atoms with Crippen molar-refractivity contribution in [1.82, 2.24) is 25.5 Å². The maximum absolute atomic E-state index is 13.3. The van der Waals surface area contributed by atoms with Crippen molar-refractivity contribution in [3.8, 4) is 0 Å². The van der Waals surface area contributed by atoms with Crippen LogP contribution in [0.4, 0.5) is 4.39 Å². The summed E-state index contributed by atoms with van der Waals surface area (Å²) in [4.78, 5) is 13.3. The van der Waals surface area contributed by atoms with Crippen molar-refractivity contribution in [2.24, 2.45) is 0 Å². The van der Waals surface area contributed by atoms with Crippen molar-refractivity contribution < 1.29 is 9.18 Å². The van der Waals surface area contributed by atoms with Crippen LogP contribution in [0, 0.1) is 12.7 Å². The van der Waals surface area contributed by atoms with Gasteiger partial charge < -0.3 is 5.32 Å². The standard InChI is InChI=1S/C25H24FN5O/c1-18-28-29-30-31(18)24(16-19-12-14-22(26)15-13-19)25(32)27-17-23(20-8-4-2-5-9-20)21-10-6-3-7-11-21/h2-15,23-24H,16-17H2,1H3,(H,27,32). The first kappa shape index (κ1) is 21.4. The molecule has 0 saturated carbocycles. The maximum atomic E-state index is 13.3. The number of amides is 1. The Morgan fingerprint density at radius 2 is 1.53 bits per heavy atom. The van der Waals surface area contributed by atoms with Crippen molar-refractivity contribution in [2.75, 3.05) is 6.54 Å². The van der Waals surface area contributed by atoms with Crippen molar-refractivity contribution in [3.05, 3.63) is 113 Å². The first-order valence-electron chi connectivity index (χ1n) is 10.5. The lowest BCUT2D eigenvalue weighted by atomic mass is 9.91. The zero-order valence-corrected chi connectivity index (χ0v) is 17.7. The molecule has 162 valence electrons. The van der Waals surface area contributed by atoms with Crippen LogP contribution in [0.5, 0.6) is 0 Å². The largest absolute Gasteiger partial charge is 0.353 e. The summed E-state index contributed by atoms with van der Waals surface area (Å²) in [6.07, 6.45) is 0.347. The number of carbonyl (C=O) groups excluding carboxylic acids is 1. The third-order valence-corrected chi connectivity index (χ3v) is 5.48. The molecule has 3 aromatic carbocycles. The van der Waals surface area contributed by atoms with E-state index in [9.17, 15) is 9.18 Å². The van der Waals surface area contributed by atoms with E-state index < -0.39 is 6.04 Å². The highest BCUT2D eigenvalue weighted by molar-refractivity contribution is 5.80. The van der Waals surface area contributed by atoms with Gasteiger partial charge in [0.25, 0.3) is 0 Å². The summed E-state index contributed by atoms with van der Waals surface area (Å²) in [6, 6.07) is 25.6. The Kier molecular flexibility index (Phi) is 6.65. The molecule has 0 fully saturated rings. The Hall–Kier alpha value is -3.87. The van der Waals surface area contributed by atoms with E-state index in [1.54, 1.807) is 19.1 Å². The van der Waals surface area contributed by atoms with E-state index in [1.807, 2.05) is 36.4 Å². The highest BCUT2D eigenvalue weighted by Crippen LogP contribution is 2.24. The number of nitrogens with zero attached hydrogens (tertiary/aromatic N) is 4. The van der Waals surface area contributed by atoms with Crippen LogP contribution in [0.3, 0.4) is 0 Å². The average Bonchev–Trinajstić information content (AvgIpc) is 3.25. The number of halogens is 1. The molecule has 0 bridgehead atoms. The minimum absolute atomic E-state index is 0.00258. The predicted molar refractivity (Wildman–Crippen MR) is 119 cm³/mol. The number of aromatic nitrogens is 4. The summed E-state index contributed by atoms with van der Waals surface area (Å²) in [7, 11) is 0. The van der Waals surface area contributed by atoms with Crippen LogP contribution in [-0.4, -0.2) is 32.7 Å². The van der Waals surface area contributed by atoms with Gasteiger partial charge in [-0.1, -0.05) is 72.8 Å². The van der Waals surface area contributed by atoms with Crippen molar-refractivity contribution >= 4 is 5.91 Å². The molecular weight excluding hydrogens is 405 g/mol. The van der Waals surface area contributed by atoms with Gasteiger partial charge in [0.1, 0.15) is 17.7 Å². The van der Waals surface area contributed by atoms with Gasteiger partial charge in [-0.3, -0.25) is 4.79 Å². The summed E-state index contributed by atoms with van der Waals surface area (Å²) in [5, 5.41) is 14.7. The van der Waals surface area contributed by atoms with Gasteiger partial charge in [0.2, 0.25) is 5.91 Å². The molecule has 6 nitrogen and oxygen atoms in total. The average molecular weight is 429 g/mol. The predicted octanol–water partition coefficient (Wildman–Crippen LogP) is 3.85. The van der Waals surface area contributed by atoms with Crippen LogP contribution < -0.4 is 5.32 Å². The number of hydrogen-bond acceptors (Lipinski definition) is 4. The Labute approximate surface area is 186 Å². The van der Waals surface area contributed by atoms with Crippen molar-refractivity contribution in [1.29, 1.82) is 0 Å². The summed E-state index contributed by atoms with van der Waals surface area (Å²) in [6.45, 7) is 2.18. The molecule has 32 heavy (non-hydrogen) atoms. The molecule has 0 aliphatic rings. The van der Waals surface area contributed by atoms with Gasteiger partial charge in [-0.15, -0.1) is 5.10 Å². The SMILES string of the molecule is Cc1nnnn1C(Cc1ccc(F)cc1)C(=O)NCC(c1ccccc1)c1ccccc1. The van der Waals surface area contributed by atoms with E-state index in [0.717, 1.165) is 16.7 Å². The normalized spacial score (nSPS) is 12.0. The van der Waals surface area contributed by atoms with Gasteiger partial charge >= 0.3 is 0 Å². The smallest absolute Gasteiger partial charge is 0.245 e. The van der Waals surface area contributed by atoms with Crippen LogP contribution in [0.2, 0.25) is 0 Å². The fourth-order valence-electron chi connectivity index (χ4n) is 3.78. The second-order valence-electron chi connectivity index (χ2n) is 7.64. The first-order chi connectivity index (χ1) is 15.6. The van der Waals surface area contributed by atoms with E-state index in [2.05, 4.69) is 45.1 Å². The van der Waals surface area contributed by atoms with Gasteiger partial charge in [-0.2, -0.15) is 0 Å². The number of rotatable bonds is 8. The molecule has 0 radical (unpaired) electrons. The number of benzene rings is 3. The molecule has 0 aliphatic carbocycles. The minimum atomic E-state index is -0.650. The second-order valence-corrected chi connectivity index (χ2v) is 7.64. The molecular formula is C25H24FN5O. The molecule has 0 aliphatic heterocycles. The fourth-order valence-corrected chi connectivity index (χ4v) is 3.78. The number of carbonyl (C=O) groups is 1. The van der Waals surface area contributed by atoms with Crippen molar-refractivity contribution in [2.45, 2.75) is 25.3 Å². The lowest BCUT2D eigenvalue weighted by Gasteiger charge is -2.22. The maximum Gasteiger partial charge on any atom is 0.245 e. The lowest BCUT2D eigenvalue weighted by molar-refractivity contribution is -0.124. The van der Waals surface area contributed by atoms with Gasteiger partial charge in [-0.25, -0.2) is 9.07 Å². The molecule has 1 atom stereocenters. The van der Waals surface area contributed by atoms with Crippen LogP contribution in [-0.2, 0) is 11.2 Å². The topological polar surface area (TPSA) is 72.7 Å². The third kappa shape index (κ3) is 5.06. The highest BCUT2D eigenvalue weighted by atomic mass is 19.1. The van der Waals surface area contributed by atoms with E-state index in [-0.39, 0.29) is 17.6 Å². The molecule has 4 aromatic rings. The third-order valence-electron chi connectivity index (χ3n) is 5.48. The van der Waals surface area contributed by atoms with E-state index in [1.165, 1.54) is 16.8 Å². The summed E-state index contributed by atoms with van der Waals surface area (Å²) in [5.41, 5.74) is 3.06. The zero-order chi connectivity index (χ0) is 22.3. The van der Waals surface area contributed by atoms with E-state index in [4.69, 9.17) is 0 Å². The monoisotopic (exact) mass is 429 g/mol. The van der Waals surface area contributed by atoms with Gasteiger partial charge in [0, 0.05) is 18.9 Å². The Morgan fingerprint density at radius 3 is 2.06 bits per heavy atom. The fraction of sp³-hybridized carbons (Fsp3) is 0.200. The quantitative estimate of drug-likeness (QED) is 0.462. The van der Waals surface area contributed by atoms with Crippen molar-refractivity contribution in [3.63, 3.8) is 0 Å². The number of hydrogen-bond donors (Lipinski definition) is 1. The molecule has 0 saturated heterocycles. The Bertz CT molecular complexity index is 1110. The lowest BCUT2D eigenvalue weighted by Crippen LogP contribution is -2.37. The number of nitrogens with one attached hydrogen (secondary N) is 1. The van der Waals surface area contributed by atoms with Crippen LogP contribution >= 0.6 is 0 Å². The van der Waals surface area contributed by atoms with Gasteiger partial charge in [0.15, 0.2) is 0 Å². The first-order valence-corrected chi connectivity index (χ1v) is 10.5. The minimum Gasteiger partial charge on any atom is -0.353 e. The van der Waals surface area contributed by atoms with E-state index >= 15 is 0 Å². The van der Waals surface area contributed by atoms with Gasteiger partial charge in [-0.05, 0) is 46.2 Å². The number of aryl methyl sites for hydroxylation is 1. The molecule has 4 rings (SSSR count). The molecule has 7 heteroatoms. The summed E-state index contributed by atoms with van der Waals surface area (Å²) < 4.78 is 14.8. The Balaban J connectivity index is 1.56. The van der Waals surface area contributed by atoms with Crippen LogP contribution in [0.15, 0.2) is 84.9 Å². The molecule has 1 aromatic heterocycles. The molecule has 1 amide bonds. The second kappa shape index (κ2) is 9.96. The summed E-state index contributed by atoms with van der Waals surface area (Å²) in [5.74, 6) is 0.0289. The van der Waals surface area contributed by atoms with Crippen LogP contribution in [0.25, 0.3) is 0 Å². The van der Waals surface area contributed by atoms with E-state index in [0.29, 0.717) is 18.8 Å². The molecule has 1 heterocycles. The highest BCUT2D eigenvalue weighted by Gasteiger charge is 2.25. The molecule has 0 spiro atoms. The van der Waals surface area contributed by atoms with Gasteiger partial charge in [0.05, 0.1) is 0 Å². The zero-order valence-electron chi connectivity index (χ0n) is 17.7. The van der Waals surface area contributed by atoms with Crippen LogP contribution in [0.1, 0.15) is 34.5 Å². The Morgan fingerprint density at radius 1 is 0.938 bits per heavy atom. The summed E-state index contributed by atoms with van der Waals surface area (Å²) >= 11 is 0. The molecule has 1 unspecified atom stereocenters. The molecule has 1 N–H and O–H groups in total. The number of tetrazole rings is 1.